The third kappa shape index (κ3) is 2.88. The monoisotopic (exact) mass is 383 g/mol. The number of nitrogens with zero attached hydrogens (tertiary/aromatic N) is 4. The molecule has 1 aromatic carbocycles. The minimum Gasteiger partial charge on any atom is -0.329 e. The molecule has 3 atom stereocenters. The van der Waals surface area contributed by atoms with Crippen molar-refractivity contribution in [2.24, 2.45) is 0 Å². The lowest BCUT2D eigenvalue weighted by Gasteiger charge is -2.38. The van der Waals surface area contributed by atoms with Crippen LogP contribution in [0.4, 0.5) is 4.39 Å². The average Bonchev–Trinajstić information content (AvgIpc) is 3.43. The van der Waals surface area contributed by atoms with Gasteiger partial charge in [-0.2, -0.15) is 5.10 Å². The number of amides is 2. The van der Waals surface area contributed by atoms with Crippen LogP contribution in [0.3, 0.4) is 0 Å². The quantitative estimate of drug-likeness (QED) is 0.858. The molecule has 0 unspecified atom stereocenters. The molecule has 4 heterocycles. The maximum Gasteiger partial charge on any atom is 0.246 e. The van der Waals surface area contributed by atoms with E-state index in [9.17, 15) is 14.0 Å². The smallest absolute Gasteiger partial charge is 0.246 e. The number of carbonyl (C=O) groups excluding carboxylic acids is 2. The van der Waals surface area contributed by atoms with Crippen LogP contribution in [0, 0.1) is 5.82 Å². The summed E-state index contributed by atoms with van der Waals surface area (Å²) in [5.41, 5.74) is 1.63. The topological polar surface area (TPSA) is 70.5 Å². The Hall–Kier alpha value is -2.74. The summed E-state index contributed by atoms with van der Waals surface area (Å²) in [6.45, 7) is 1.85. The lowest BCUT2D eigenvalue weighted by Crippen LogP contribution is -2.60. The second-order valence-electron chi connectivity index (χ2n) is 7.78. The van der Waals surface area contributed by atoms with Crippen LogP contribution in [0.25, 0.3) is 5.69 Å². The summed E-state index contributed by atoms with van der Waals surface area (Å²) in [6.07, 6.45) is 5.94. The molecule has 2 aromatic rings. The number of rotatable bonds is 4. The molecule has 2 amide bonds. The molecule has 8 heteroatoms. The fourth-order valence-electron chi connectivity index (χ4n) is 4.60. The van der Waals surface area contributed by atoms with Crippen LogP contribution < -0.4 is 5.32 Å². The highest BCUT2D eigenvalue weighted by atomic mass is 19.1. The van der Waals surface area contributed by atoms with Crippen LogP contribution in [-0.4, -0.2) is 62.6 Å². The van der Waals surface area contributed by atoms with Gasteiger partial charge in [-0.05, 0) is 37.5 Å². The molecule has 0 aliphatic carbocycles. The number of fused-ring (bicyclic) bond motifs is 2. The molecule has 3 fully saturated rings. The van der Waals surface area contributed by atoms with Crippen molar-refractivity contribution < 1.29 is 14.0 Å². The van der Waals surface area contributed by atoms with E-state index in [0.29, 0.717) is 31.7 Å². The Balaban J connectivity index is 1.23. The molecule has 0 saturated carbocycles. The van der Waals surface area contributed by atoms with Crippen molar-refractivity contribution in [1.29, 1.82) is 0 Å². The van der Waals surface area contributed by atoms with Crippen molar-refractivity contribution in [2.75, 3.05) is 13.1 Å². The van der Waals surface area contributed by atoms with Gasteiger partial charge in [0.15, 0.2) is 0 Å². The first-order valence-electron chi connectivity index (χ1n) is 9.74. The normalized spacial score (nSPS) is 26.7. The number of piperazine rings is 1. The van der Waals surface area contributed by atoms with Gasteiger partial charge in [0.05, 0.1) is 11.9 Å². The Morgan fingerprint density at radius 2 is 2.04 bits per heavy atom. The SMILES string of the molecule is O=C1[C@@H]2C[C@H](NCc3cnn(-c4cccc(F)c4)c3)CN2C(=O)[C@@H]2CCCN12. The maximum absolute atomic E-state index is 13.4. The van der Waals surface area contributed by atoms with Gasteiger partial charge in [-0.3, -0.25) is 9.59 Å². The molecule has 1 N–H and O–H groups in total. The third-order valence-electron chi connectivity index (χ3n) is 5.99. The van der Waals surface area contributed by atoms with Gasteiger partial charge < -0.3 is 15.1 Å². The van der Waals surface area contributed by atoms with Gasteiger partial charge in [0.25, 0.3) is 0 Å². The van der Waals surface area contributed by atoms with Crippen molar-refractivity contribution in [2.45, 2.75) is 43.9 Å². The molecular formula is C20H22FN5O2. The first kappa shape index (κ1) is 17.4. The summed E-state index contributed by atoms with van der Waals surface area (Å²) >= 11 is 0. The Labute approximate surface area is 162 Å². The predicted molar refractivity (Wildman–Crippen MR) is 99.0 cm³/mol. The Bertz CT molecular complexity index is 899. The van der Waals surface area contributed by atoms with Crippen molar-refractivity contribution in [1.82, 2.24) is 24.9 Å². The lowest BCUT2D eigenvalue weighted by atomic mass is 10.1. The summed E-state index contributed by atoms with van der Waals surface area (Å²) < 4.78 is 15.0. The van der Waals surface area contributed by atoms with E-state index < -0.39 is 0 Å². The second kappa shape index (κ2) is 6.70. The zero-order valence-electron chi connectivity index (χ0n) is 15.4. The minimum atomic E-state index is -0.325. The molecule has 146 valence electrons. The third-order valence-corrected chi connectivity index (χ3v) is 5.99. The van der Waals surface area contributed by atoms with Crippen LogP contribution in [0.5, 0.6) is 0 Å². The maximum atomic E-state index is 13.4. The van der Waals surface area contributed by atoms with Gasteiger partial charge in [-0.15, -0.1) is 0 Å². The number of carbonyl (C=O) groups is 2. The molecule has 5 rings (SSSR count). The molecule has 28 heavy (non-hydrogen) atoms. The lowest BCUT2D eigenvalue weighted by molar-refractivity contribution is -0.156. The van der Waals surface area contributed by atoms with E-state index in [2.05, 4.69) is 10.4 Å². The number of halogens is 1. The molecule has 0 spiro atoms. The zero-order chi connectivity index (χ0) is 19.3. The Morgan fingerprint density at radius 1 is 1.18 bits per heavy atom. The number of benzene rings is 1. The molecule has 3 aliphatic heterocycles. The largest absolute Gasteiger partial charge is 0.329 e. The molecular weight excluding hydrogens is 361 g/mol. The average molecular weight is 383 g/mol. The highest BCUT2D eigenvalue weighted by Gasteiger charge is 2.51. The Morgan fingerprint density at radius 3 is 2.89 bits per heavy atom. The van der Waals surface area contributed by atoms with Gasteiger partial charge >= 0.3 is 0 Å². The van der Waals surface area contributed by atoms with E-state index in [1.165, 1.54) is 12.1 Å². The number of hydrogen-bond donors (Lipinski definition) is 1. The summed E-state index contributed by atoms with van der Waals surface area (Å²) in [6, 6.07) is 5.79. The highest BCUT2D eigenvalue weighted by Crippen LogP contribution is 2.32. The van der Waals surface area contributed by atoms with Crippen LogP contribution in [0.1, 0.15) is 24.8 Å². The van der Waals surface area contributed by atoms with Crippen molar-refractivity contribution in [3.8, 4) is 5.69 Å². The molecule has 3 aliphatic rings. The van der Waals surface area contributed by atoms with E-state index in [1.54, 1.807) is 32.8 Å². The standard InChI is InChI=1S/C20H22FN5O2/c21-14-3-1-4-16(7-14)26-11-13(10-23-26)9-22-15-8-18-20(28)24-6-2-5-17(24)19(27)25(18)12-15/h1,3-4,7,10-11,15,17-18,22H,2,5-6,8-9,12H2/t15-,17-,18-/m0/s1. The van der Waals surface area contributed by atoms with Crippen LogP contribution in [0.2, 0.25) is 0 Å². The summed E-state index contributed by atoms with van der Waals surface area (Å²) in [4.78, 5) is 28.9. The fraction of sp³-hybridized carbons (Fsp3) is 0.450. The molecule has 0 radical (unpaired) electrons. The number of aromatic nitrogens is 2. The summed E-state index contributed by atoms with van der Waals surface area (Å²) in [5.74, 6) is -0.0965. The van der Waals surface area contributed by atoms with Gasteiger partial charge in [-0.25, -0.2) is 9.07 Å². The van der Waals surface area contributed by atoms with Crippen molar-refractivity contribution in [3.05, 3.63) is 48.0 Å². The van der Waals surface area contributed by atoms with E-state index in [4.69, 9.17) is 0 Å². The molecule has 3 saturated heterocycles. The molecule has 1 aromatic heterocycles. The fourth-order valence-corrected chi connectivity index (χ4v) is 4.60. The van der Waals surface area contributed by atoms with Gasteiger partial charge in [0.2, 0.25) is 11.8 Å². The van der Waals surface area contributed by atoms with Crippen LogP contribution in [-0.2, 0) is 16.1 Å². The second-order valence-corrected chi connectivity index (χ2v) is 7.78. The number of hydrogen-bond acceptors (Lipinski definition) is 4. The van der Waals surface area contributed by atoms with Crippen molar-refractivity contribution in [3.63, 3.8) is 0 Å². The van der Waals surface area contributed by atoms with Gasteiger partial charge in [-0.1, -0.05) is 6.07 Å². The van der Waals surface area contributed by atoms with Crippen LogP contribution in [0.15, 0.2) is 36.7 Å². The van der Waals surface area contributed by atoms with E-state index >= 15 is 0 Å². The van der Waals surface area contributed by atoms with Crippen molar-refractivity contribution >= 4 is 11.8 Å². The Kier molecular flexibility index (Phi) is 4.16. The minimum absolute atomic E-state index is 0.0791. The van der Waals surface area contributed by atoms with E-state index in [-0.39, 0.29) is 35.8 Å². The summed E-state index contributed by atoms with van der Waals surface area (Å²) in [7, 11) is 0. The van der Waals surface area contributed by atoms with Crippen LogP contribution >= 0.6 is 0 Å². The number of nitrogens with one attached hydrogen (secondary N) is 1. The van der Waals surface area contributed by atoms with E-state index in [0.717, 1.165) is 18.4 Å². The highest BCUT2D eigenvalue weighted by molar-refractivity contribution is 5.98. The molecule has 0 bridgehead atoms. The zero-order valence-corrected chi connectivity index (χ0v) is 15.4. The molecule has 7 nitrogen and oxygen atoms in total. The van der Waals surface area contributed by atoms with Gasteiger partial charge in [0, 0.05) is 37.4 Å². The van der Waals surface area contributed by atoms with E-state index in [1.807, 2.05) is 6.20 Å². The first-order valence-corrected chi connectivity index (χ1v) is 9.74. The first-order chi connectivity index (χ1) is 13.6. The summed E-state index contributed by atoms with van der Waals surface area (Å²) in [5, 5.41) is 7.74. The van der Waals surface area contributed by atoms with Gasteiger partial charge in [0.1, 0.15) is 17.9 Å². The predicted octanol–water partition coefficient (Wildman–Crippen LogP) is 1.08.